The van der Waals surface area contributed by atoms with Crippen molar-refractivity contribution in [2.75, 3.05) is 11.1 Å². The third kappa shape index (κ3) is 4.15. The van der Waals surface area contributed by atoms with Gasteiger partial charge in [-0.05, 0) is 12.1 Å². The van der Waals surface area contributed by atoms with Crippen molar-refractivity contribution in [2.24, 2.45) is 7.05 Å². The third-order valence-electron chi connectivity index (χ3n) is 4.25. The Morgan fingerprint density at radius 3 is 2.63 bits per heavy atom. The fraction of sp³-hybridized carbons (Fsp3) is 0.158. The predicted octanol–water partition coefficient (Wildman–Crippen LogP) is 3.88. The molecular formula is C19H15F3N6OS. The van der Waals surface area contributed by atoms with Crippen LogP contribution in [0.3, 0.4) is 0 Å². The van der Waals surface area contributed by atoms with Crippen LogP contribution < -0.4 is 5.32 Å². The van der Waals surface area contributed by atoms with Crippen LogP contribution >= 0.6 is 11.8 Å². The van der Waals surface area contributed by atoms with E-state index in [-0.39, 0.29) is 22.5 Å². The highest BCUT2D eigenvalue weighted by atomic mass is 32.2. The second-order valence-electron chi connectivity index (χ2n) is 6.37. The molecule has 0 aliphatic carbocycles. The highest BCUT2D eigenvalue weighted by molar-refractivity contribution is 7.99. The molecule has 1 amide bonds. The van der Waals surface area contributed by atoms with Crippen LogP contribution in [0.15, 0.2) is 59.9 Å². The molecule has 4 aromatic rings. The monoisotopic (exact) mass is 432 g/mol. The van der Waals surface area contributed by atoms with Crippen molar-refractivity contribution in [1.82, 2.24) is 24.4 Å². The lowest BCUT2D eigenvalue weighted by molar-refractivity contribution is -0.137. The lowest BCUT2D eigenvalue weighted by Crippen LogP contribution is -2.16. The van der Waals surface area contributed by atoms with E-state index < -0.39 is 11.7 Å². The fourth-order valence-electron chi connectivity index (χ4n) is 2.78. The van der Waals surface area contributed by atoms with Crippen molar-refractivity contribution in [2.45, 2.75) is 11.3 Å². The van der Waals surface area contributed by atoms with Gasteiger partial charge in [0.05, 0.1) is 17.0 Å². The summed E-state index contributed by atoms with van der Waals surface area (Å²) in [6.07, 6.45) is -3.56. The summed E-state index contributed by atoms with van der Waals surface area (Å²) in [7, 11) is 1.71. The Morgan fingerprint density at radius 2 is 1.90 bits per heavy atom. The van der Waals surface area contributed by atoms with Gasteiger partial charge in [0.1, 0.15) is 5.82 Å². The van der Waals surface area contributed by atoms with Crippen molar-refractivity contribution in [3.63, 3.8) is 0 Å². The molecule has 0 bridgehead atoms. The standard InChI is InChI=1S/C19H15F3N6OS/c1-27-16(9-14(26-27)12-5-3-2-4-6-12)23-17(29)11-30-18-25-24-15-8-7-13(10-28(15)18)19(20,21)22/h2-10H,11H2,1H3,(H,23,29). The Hall–Kier alpha value is -3.34. The Balaban J connectivity index is 1.45. The Kier molecular flexibility index (Phi) is 5.20. The number of carbonyl (C=O) groups excluding carboxylic acids is 1. The van der Waals surface area contributed by atoms with Crippen molar-refractivity contribution in [3.8, 4) is 11.3 Å². The first-order valence-electron chi connectivity index (χ1n) is 8.75. The van der Waals surface area contributed by atoms with Gasteiger partial charge in [0.15, 0.2) is 10.8 Å². The van der Waals surface area contributed by atoms with Crippen molar-refractivity contribution >= 4 is 29.1 Å². The molecule has 0 saturated carbocycles. The van der Waals surface area contributed by atoms with E-state index in [1.165, 1.54) is 10.5 Å². The Morgan fingerprint density at radius 1 is 1.13 bits per heavy atom. The number of hydrogen-bond donors (Lipinski definition) is 1. The van der Waals surface area contributed by atoms with Crippen LogP contribution in [0.25, 0.3) is 16.9 Å². The van der Waals surface area contributed by atoms with Gasteiger partial charge >= 0.3 is 6.18 Å². The Labute approximate surface area is 172 Å². The largest absolute Gasteiger partial charge is 0.417 e. The number of halogens is 3. The normalized spacial score (nSPS) is 11.7. The molecule has 3 heterocycles. The van der Waals surface area contributed by atoms with Crippen LogP contribution in [0.1, 0.15) is 5.56 Å². The average molecular weight is 432 g/mol. The van der Waals surface area contributed by atoms with Crippen molar-refractivity contribution in [3.05, 3.63) is 60.3 Å². The smallest absolute Gasteiger partial charge is 0.310 e. The minimum absolute atomic E-state index is 0.0527. The number of thioether (sulfide) groups is 1. The van der Waals surface area contributed by atoms with E-state index in [9.17, 15) is 18.0 Å². The predicted molar refractivity (Wildman–Crippen MR) is 106 cm³/mol. The maximum absolute atomic E-state index is 12.9. The molecule has 30 heavy (non-hydrogen) atoms. The van der Waals surface area contributed by atoms with Gasteiger partial charge in [-0.25, -0.2) is 0 Å². The molecule has 11 heteroatoms. The van der Waals surface area contributed by atoms with Crippen LogP contribution in [0.4, 0.5) is 19.0 Å². The topological polar surface area (TPSA) is 77.1 Å². The quantitative estimate of drug-likeness (QED) is 0.485. The molecule has 1 aromatic carbocycles. The first-order chi connectivity index (χ1) is 14.3. The fourth-order valence-corrected chi connectivity index (χ4v) is 3.50. The maximum Gasteiger partial charge on any atom is 0.417 e. The van der Waals surface area contributed by atoms with Gasteiger partial charge in [0, 0.05) is 24.9 Å². The molecule has 1 N–H and O–H groups in total. The van der Waals surface area contributed by atoms with Crippen LogP contribution in [0.2, 0.25) is 0 Å². The molecule has 0 fully saturated rings. The number of aryl methyl sites for hydroxylation is 1. The van der Waals surface area contributed by atoms with Gasteiger partial charge in [-0.3, -0.25) is 13.9 Å². The van der Waals surface area contributed by atoms with E-state index >= 15 is 0 Å². The molecule has 154 valence electrons. The molecular weight excluding hydrogens is 417 g/mol. The average Bonchev–Trinajstić information content (AvgIpc) is 3.29. The van der Waals surface area contributed by atoms with Gasteiger partial charge < -0.3 is 5.32 Å². The van der Waals surface area contributed by atoms with Gasteiger partial charge in [0.25, 0.3) is 0 Å². The number of benzene rings is 1. The van der Waals surface area contributed by atoms with Gasteiger partial charge in [-0.1, -0.05) is 42.1 Å². The summed E-state index contributed by atoms with van der Waals surface area (Å²) in [5, 5.41) is 15.0. The molecule has 0 saturated heterocycles. The second-order valence-corrected chi connectivity index (χ2v) is 7.31. The molecule has 0 atom stereocenters. The van der Waals surface area contributed by atoms with Crippen LogP contribution in [0.5, 0.6) is 0 Å². The van der Waals surface area contributed by atoms with E-state index in [0.717, 1.165) is 29.6 Å². The zero-order valence-corrected chi connectivity index (χ0v) is 16.4. The summed E-state index contributed by atoms with van der Waals surface area (Å²) in [5.74, 6) is 0.111. The number of rotatable bonds is 5. The minimum atomic E-state index is -4.48. The van der Waals surface area contributed by atoms with E-state index in [1.807, 2.05) is 30.3 Å². The molecule has 7 nitrogen and oxygen atoms in total. The lowest BCUT2D eigenvalue weighted by atomic mass is 10.2. The zero-order valence-electron chi connectivity index (χ0n) is 15.6. The van der Waals surface area contributed by atoms with Gasteiger partial charge in [0.2, 0.25) is 5.91 Å². The highest BCUT2D eigenvalue weighted by Crippen LogP contribution is 2.30. The van der Waals surface area contributed by atoms with Crippen molar-refractivity contribution in [1.29, 1.82) is 0 Å². The van der Waals surface area contributed by atoms with E-state index in [2.05, 4.69) is 20.6 Å². The van der Waals surface area contributed by atoms with Gasteiger partial charge in [-0.2, -0.15) is 18.3 Å². The number of nitrogens with one attached hydrogen (secondary N) is 1. The highest BCUT2D eigenvalue weighted by Gasteiger charge is 2.31. The molecule has 3 aromatic heterocycles. The summed E-state index contributed by atoms with van der Waals surface area (Å²) in [4.78, 5) is 12.4. The number of fused-ring (bicyclic) bond motifs is 1. The molecule has 0 aliphatic rings. The molecule has 0 radical (unpaired) electrons. The van der Waals surface area contributed by atoms with Crippen LogP contribution in [0, 0.1) is 0 Å². The summed E-state index contributed by atoms with van der Waals surface area (Å²) in [5.41, 5.74) is 1.08. The number of alkyl halides is 3. The Bertz CT molecular complexity index is 1200. The third-order valence-corrected chi connectivity index (χ3v) is 5.19. The summed E-state index contributed by atoms with van der Waals surface area (Å²) in [6, 6.07) is 13.4. The number of pyridine rings is 1. The zero-order chi connectivity index (χ0) is 21.3. The molecule has 0 aliphatic heterocycles. The molecule has 4 rings (SSSR count). The first kappa shape index (κ1) is 20.0. The van der Waals surface area contributed by atoms with Crippen LogP contribution in [-0.2, 0) is 18.0 Å². The minimum Gasteiger partial charge on any atom is -0.310 e. The van der Waals surface area contributed by atoms with E-state index in [1.54, 1.807) is 17.8 Å². The maximum atomic E-state index is 12.9. The molecule has 0 unspecified atom stereocenters. The summed E-state index contributed by atoms with van der Waals surface area (Å²) in [6.45, 7) is 0. The lowest BCUT2D eigenvalue weighted by Gasteiger charge is -2.07. The summed E-state index contributed by atoms with van der Waals surface area (Å²) >= 11 is 0.993. The van der Waals surface area contributed by atoms with Gasteiger partial charge in [-0.15, -0.1) is 10.2 Å². The number of amides is 1. The first-order valence-corrected chi connectivity index (χ1v) is 9.74. The van der Waals surface area contributed by atoms with E-state index in [4.69, 9.17) is 0 Å². The van der Waals surface area contributed by atoms with E-state index in [0.29, 0.717) is 11.5 Å². The SMILES string of the molecule is Cn1nc(-c2ccccc2)cc1NC(=O)CSc1nnc2ccc(C(F)(F)F)cn12. The summed E-state index contributed by atoms with van der Waals surface area (Å²) < 4.78 is 41.6. The number of nitrogens with zero attached hydrogens (tertiary/aromatic N) is 5. The number of aromatic nitrogens is 5. The van der Waals surface area contributed by atoms with Crippen LogP contribution in [-0.4, -0.2) is 36.0 Å². The molecule has 0 spiro atoms. The number of carbonyl (C=O) groups is 1. The van der Waals surface area contributed by atoms with Crippen molar-refractivity contribution < 1.29 is 18.0 Å². The second kappa shape index (κ2) is 7.82. The number of anilines is 1. The number of hydrogen-bond acceptors (Lipinski definition) is 5.